The Morgan fingerprint density at radius 3 is 2.27 bits per heavy atom. The van der Waals surface area contributed by atoms with Crippen molar-refractivity contribution in [1.82, 2.24) is 14.8 Å². The first-order valence-electron chi connectivity index (χ1n) is 19.2. The number of piperidine rings is 1. The van der Waals surface area contributed by atoms with Crippen molar-refractivity contribution < 1.29 is 19.4 Å². The molecule has 3 heterocycles. The van der Waals surface area contributed by atoms with Gasteiger partial charge in [-0.15, -0.1) is 0 Å². The highest BCUT2D eigenvalue weighted by Crippen LogP contribution is 2.59. The van der Waals surface area contributed by atoms with E-state index in [1.807, 2.05) is 45.2 Å². The minimum Gasteiger partial charge on any atom is -0.507 e. The molecule has 2 saturated carbocycles. The zero-order valence-electron chi connectivity index (χ0n) is 32.7. The molecule has 0 atom stereocenters. The molecule has 52 heavy (non-hydrogen) atoms. The molecule has 1 saturated heterocycles. The van der Waals surface area contributed by atoms with E-state index in [9.17, 15) is 9.90 Å². The first kappa shape index (κ1) is 42.4. The van der Waals surface area contributed by atoms with Gasteiger partial charge in [0.2, 0.25) is 5.88 Å². The number of aromatic nitrogens is 1. The molecule has 1 spiro atoms. The quantitative estimate of drug-likeness (QED) is 0.125. The van der Waals surface area contributed by atoms with Gasteiger partial charge in [-0.2, -0.15) is 0 Å². The van der Waals surface area contributed by atoms with Crippen LogP contribution in [0.2, 0.25) is 0 Å². The molecule has 2 aliphatic carbocycles. The van der Waals surface area contributed by atoms with Gasteiger partial charge in [0.05, 0.1) is 12.3 Å². The zero-order valence-corrected chi connectivity index (χ0v) is 32.7. The molecule has 288 valence electrons. The van der Waals surface area contributed by atoms with E-state index >= 15 is 0 Å². The Balaban J connectivity index is 0.000000250. The zero-order chi connectivity index (χ0) is 38.1. The minimum absolute atomic E-state index is 0.139. The van der Waals surface area contributed by atoms with Crippen LogP contribution < -0.4 is 21.9 Å². The number of carbonyl (C=O) groups excluding carboxylic acids is 1. The van der Waals surface area contributed by atoms with Crippen LogP contribution in [0.5, 0.6) is 11.6 Å². The molecule has 6 rings (SSSR count). The molecule has 0 radical (unpaired) electrons. The molecule has 10 heteroatoms. The number of aryl methyl sites for hydroxylation is 1. The third-order valence-electron chi connectivity index (χ3n) is 10.6. The molecule has 10 nitrogen and oxygen atoms in total. The summed E-state index contributed by atoms with van der Waals surface area (Å²) >= 11 is 0. The second-order valence-electron chi connectivity index (χ2n) is 14.5. The van der Waals surface area contributed by atoms with E-state index in [0.717, 1.165) is 70.0 Å². The number of methoxy groups -OCH3 is 1. The normalized spacial score (nSPS) is 23.0. The first-order chi connectivity index (χ1) is 25.1. The van der Waals surface area contributed by atoms with Crippen LogP contribution in [0.25, 0.3) is 5.70 Å². The maximum absolute atomic E-state index is 10.8. The van der Waals surface area contributed by atoms with Gasteiger partial charge in [-0.05, 0) is 113 Å². The number of pyridine rings is 1. The number of ether oxygens (including phenoxy) is 2. The van der Waals surface area contributed by atoms with E-state index in [1.54, 1.807) is 38.5 Å². The van der Waals surface area contributed by atoms with Gasteiger partial charge in [-0.1, -0.05) is 50.6 Å². The number of phenols is 1. The smallest absolute Gasteiger partial charge is 0.213 e. The molecule has 0 amide bonds. The number of hydrogen-bond donors (Lipinski definition) is 4. The number of allylic oxidation sites excluding steroid dienone is 2. The van der Waals surface area contributed by atoms with Crippen LogP contribution in [0.15, 0.2) is 71.8 Å². The second-order valence-corrected chi connectivity index (χ2v) is 14.5. The number of phenolic OH excluding ortho intramolecular Hbond substituents is 1. The van der Waals surface area contributed by atoms with Crippen molar-refractivity contribution in [3.05, 3.63) is 83.0 Å². The lowest BCUT2D eigenvalue weighted by atomic mass is 9.50. The predicted octanol–water partition coefficient (Wildman–Crippen LogP) is 6.74. The lowest BCUT2D eigenvalue weighted by Crippen LogP contribution is -2.57. The van der Waals surface area contributed by atoms with Gasteiger partial charge in [-0.25, -0.2) is 4.98 Å². The van der Waals surface area contributed by atoms with Crippen molar-refractivity contribution in [1.29, 1.82) is 0 Å². The molecule has 7 N–H and O–H groups in total. The van der Waals surface area contributed by atoms with Crippen LogP contribution in [0, 0.1) is 24.2 Å². The lowest BCUT2D eigenvalue weighted by molar-refractivity contribution is -0.130. The molecular weight excluding hydrogens is 652 g/mol. The molecule has 0 bridgehead atoms. The average Bonchev–Trinajstić information content (AvgIpc) is 3.37. The number of carbonyl (C=O) groups is 1. The summed E-state index contributed by atoms with van der Waals surface area (Å²) in [6, 6.07) is 11.7. The number of aromatic hydroxyl groups is 1. The van der Waals surface area contributed by atoms with E-state index < -0.39 is 0 Å². The summed E-state index contributed by atoms with van der Waals surface area (Å²) in [5.41, 5.74) is 22.8. The number of hydrogen-bond acceptors (Lipinski definition) is 10. The molecule has 1 aromatic heterocycles. The van der Waals surface area contributed by atoms with Crippen LogP contribution in [0.3, 0.4) is 0 Å². The Morgan fingerprint density at radius 1 is 1.02 bits per heavy atom. The number of nitrogens with zero attached hydrogens (tertiary/aromatic N) is 3. The van der Waals surface area contributed by atoms with Crippen molar-refractivity contribution in [2.24, 2.45) is 34.5 Å². The Morgan fingerprint density at radius 2 is 1.69 bits per heavy atom. The fraction of sp³-hybridized carbons (Fsp3) is 0.571. The van der Waals surface area contributed by atoms with Crippen LogP contribution in [0.1, 0.15) is 89.7 Å². The maximum atomic E-state index is 10.8. The van der Waals surface area contributed by atoms with E-state index in [1.165, 1.54) is 49.9 Å². The van der Waals surface area contributed by atoms with Gasteiger partial charge < -0.3 is 46.4 Å². The third-order valence-corrected chi connectivity index (χ3v) is 10.6. The van der Waals surface area contributed by atoms with Gasteiger partial charge in [0, 0.05) is 62.8 Å². The second kappa shape index (κ2) is 21.5. The number of para-hydroxylation sites is 1. The Labute approximate surface area is 313 Å². The molecule has 0 unspecified atom stereocenters. The first-order valence-corrected chi connectivity index (χ1v) is 19.2. The van der Waals surface area contributed by atoms with Gasteiger partial charge in [0.25, 0.3) is 0 Å². The van der Waals surface area contributed by atoms with Crippen LogP contribution >= 0.6 is 0 Å². The van der Waals surface area contributed by atoms with Crippen LogP contribution in [-0.2, 0) is 9.53 Å². The maximum Gasteiger partial charge on any atom is 0.213 e. The highest BCUT2D eigenvalue weighted by molar-refractivity contribution is 5.70. The van der Waals surface area contributed by atoms with Crippen molar-refractivity contribution in [2.45, 2.75) is 91.5 Å². The van der Waals surface area contributed by atoms with E-state index in [2.05, 4.69) is 32.5 Å². The van der Waals surface area contributed by atoms with Crippen molar-refractivity contribution in [3.63, 3.8) is 0 Å². The van der Waals surface area contributed by atoms with Gasteiger partial charge in [-0.3, -0.25) is 0 Å². The summed E-state index contributed by atoms with van der Waals surface area (Å²) in [5, 5.41) is 9.93. The summed E-state index contributed by atoms with van der Waals surface area (Å²) in [5.74, 6) is 2.14. The highest BCUT2D eigenvalue weighted by Gasteiger charge is 2.54. The van der Waals surface area contributed by atoms with Crippen LogP contribution in [0.4, 0.5) is 0 Å². The van der Waals surface area contributed by atoms with Gasteiger partial charge in [0.15, 0.2) is 0 Å². The number of rotatable bonds is 9. The van der Waals surface area contributed by atoms with Gasteiger partial charge >= 0.3 is 0 Å². The molecule has 3 fully saturated rings. The number of aldehydes is 1. The minimum atomic E-state index is 0.139. The summed E-state index contributed by atoms with van der Waals surface area (Å²) in [4.78, 5) is 19.9. The molecule has 4 aliphatic rings. The number of nitrogens with two attached hydrogens (primary N) is 3. The standard InChI is InChI=1S/C20H28N2O2.C18H26N4O.C2H6O.C2H6/c1-15-2-3-19(21-12-15)24-14-16-4-6-22(7-5-16)18-10-20(11-18)8-17(9-20)13-23;1-2-13-6-5-10-22(11-9-13)16(18(20)21)12-15(19)14-7-3-4-8-17(14)23;1-3-2;1-2/h2-3,12-13,16-18H,4-11,14H2,1H3;3-4,7-9,12,23H,2,5-6,10-11,19-21H2,1H3;1-2H3;1-2H3/b;15-12-;;. The van der Waals surface area contributed by atoms with Crippen LogP contribution in [-0.4, -0.2) is 79.2 Å². The van der Waals surface area contributed by atoms with Gasteiger partial charge in [0.1, 0.15) is 17.9 Å². The molecule has 2 aliphatic heterocycles. The number of likely N-dealkylation sites (tertiary alicyclic amines) is 1. The van der Waals surface area contributed by atoms with E-state index in [0.29, 0.717) is 34.2 Å². The van der Waals surface area contributed by atoms with Crippen molar-refractivity contribution in [3.8, 4) is 11.6 Å². The summed E-state index contributed by atoms with van der Waals surface area (Å²) in [7, 11) is 3.25. The fourth-order valence-electron chi connectivity index (χ4n) is 7.68. The molecular formula is C42H66N6O4. The Kier molecular flexibility index (Phi) is 17.5. The monoisotopic (exact) mass is 719 g/mol. The Bertz CT molecular complexity index is 1450. The average molecular weight is 719 g/mol. The molecule has 1 aromatic carbocycles. The lowest BCUT2D eigenvalue weighted by Gasteiger charge is -2.59. The number of benzene rings is 1. The SMILES string of the molecule is CC.CCC1=CCN(C(/C=C(\N)c2ccccc2O)=C(N)N)CCC1.COC.Cc1ccc(OCC2CCN(C3CC4(CC(C=O)C4)C3)CC2)nc1. The third kappa shape index (κ3) is 12.3. The summed E-state index contributed by atoms with van der Waals surface area (Å²) in [6.07, 6.45) is 17.6. The summed E-state index contributed by atoms with van der Waals surface area (Å²) < 4.78 is 10.1. The van der Waals surface area contributed by atoms with Crippen molar-refractivity contribution >= 4 is 12.0 Å². The summed E-state index contributed by atoms with van der Waals surface area (Å²) in [6.45, 7) is 13.0. The fourth-order valence-corrected chi connectivity index (χ4v) is 7.68. The van der Waals surface area contributed by atoms with E-state index in [-0.39, 0.29) is 11.6 Å². The largest absolute Gasteiger partial charge is 0.507 e. The van der Waals surface area contributed by atoms with Crippen molar-refractivity contribution in [2.75, 3.05) is 47.0 Å². The molecule has 2 aromatic rings. The van der Waals surface area contributed by atoms with E-state index in [4.69, 9.17) is 21.9 Å². The highest BCUT2D eigenvalue weighted by atomic mass is 16.5. The topological polar surface area (TPSA) is 153 Å². The predicted molar refractivity (Wildman–Crippen MR) is 212 cm³/mol. The Hall–Kier alpha value is -4.02.